The van der Waals surface area contributed by atoms with Crippen LogP contribution in [-0.2, 0) is 6.18 Å². The number of fused-ring (bicyclic) bond motifs is 1. The van der Waals surface area contributed by atoms with E-state index in [0.717, 1.165) is 18.2 Å². The van der Waals surface area contributed by atoms with Gasteiger partial charge in [-0.2, -0.15) is 13.2 Å². The van der Waals surface area contributed by atoms with Crippen LogP contribution in [0.3, 0.4) is 0 Å². The molecule has 1 atom stereocenters. The van der Waals surface area contributed by atoms with Crippen LogP contribution in [0.15, 0.2) is 18.2 Å². The van der Waals surface area contributed by atoms with Gasteiger partial charge in [0.1, 0.15) is 0 Å². The van der Waals surface area contributed by atoms with Gasteiger partial charge in [-0.25, -0.2) is 8.78 Å². The molecule has 88 valence electrons. The minimum absolute atomic E-state index is 0.0195. The molecule has 0 bridgehead atoms. The van der Waals surface area contributed by atoms with E-state index in [4.69, 9.17) is 0 Å². The number of rotatable bonds is 1. The Labute approximate surface area is 88.3 Å². The Morgan fingerprint density at radius 2 is 1.94 bits per heavy atom. The Morgan fingerprint density at radius 3 is 2.50 bits per heavy atom. The maximum absolute atomic E-state index is 12.5. The fourth-order valence-corrected chi connectivity index (χ4v) is 1.76. The van der Waals surface area contributed by atoms with Crippen molar-refractivity contribution in [3.63, 3.8) is 0 Å². The Balaban J connectivity index is 2.37. The van der Waals surface area contributed by atoms with E-state index >= 15 is 0 Å². The summed E-state index contributed by atoms with van der Waals surface area (Å²) in [6.45, 7) is -0.0195. The molecule has 1 aliphatic heterocycles. The summed E-state index contributed by atoms with van der Waals surface area (Å²) in [6.07, 6.45) is -7.01. The van der Waals surface area contributed by atoms with Crippen LogP contribution in [0.4, 0.5) is 27.6 Å². The van der Waals surface area contributed by atoms with Gasteiger partial charge < -0.3 is 5.32 Å². The maximum atomic E-state index is 12.5. The van der Waals surface area contributed by atoms with Gasteiger partial charge in [-0.15, -0.1) is 0 Å². The van der Waals surface area contributed by atoms with Crippen LogP contribution < -0.4 is 5.32 Å². The molecule has 6 heteroatoms. The van der Waals surface area contributed by atoms with Gasteiger partial charge in [-0.05, 0) is 17.7 Å². The summed E-state index contributed by atoms with van der Waals surface area (Å²) in [6, 6.07) is 2.83. The first-order chi connectivity index (χ1) is 7.39. The molecule has 1 heterocycles. The third-order valence-corrected chi connectivity index (χ3v) is 2.60. The molecule has 1 nitrogen and oxygen atoms in total. The average molecular weight is 237 g/mol. The van der Waals surface area contributed by atoms with Crippen molar-refractivity contribution in [3.8, 4) is 0 Å². The van der Waals surface area contributed by atoms with Gasteiger partial charge in [0.15, 0.2) is 0 Å². The summed E-state index contributed by atoms with van der Waals surface area (Å²) in [4.78, 5) is 0. The van der Waals surface area contributed by atoms with Crippen molar-refractivity contribution in [2.75, 3.05) is 11.9 Å². The lowest BCUT2D eigenvalue weighted by Gasteiger charge is -2.10. The highest BCUT2D eigenvalue weighted by atomic mass is 19.4. The molecule has 16 heavy (non-hydrogen) atoms. The summed E-state index contributed by atoms with van der Waals surface area (Å²) < 4.78 is 62.0. The number of anilines is 1. The molecular formula is C10H8F5N. The van der Waals surface area contributed by atoms with Crippen molar-refractivity contribution in [2.45, 2.75) is 18.5 Å². The second-order valence-electron chi connectivity index (χ2n) is 3.62. The number of hydrogen-bond acceptors (Lipinski definition) is 1. The highest BCUT2D eigenvalue weighted by molar-refractivity contribution is 5.59. The molecule has 1 unspecified atom stereocenters. The molecular weight excluding hydrogens is 229 g/mol. The number of hydrogen-bond donors (Lipinski definition) is 1. The molecule has 0 saturated carbocycles. The predicted octanol–water partition coefficient (Wildman–Crippen LogP) is 3.48. The number of nitrogens with one attached hydrogen (secondary N) is 1. The van der Waals surface area contributed by atoms with Crippen LogP contribution >= 0.6 is 0 Å². The molecule has 0 radical (unpaired) electrons. The first-order valence-corrected chi connectivity index (χ1v) is 4.63. The number of benzene rings is 1. The van der Waals surface area contributed by atoms with E-state index in [-0.39, 0.29) is 17.8 Å². The normalized spacial score (nSPS) is 19.8. The zero-order chi connectivity index (χ0) is 11.9. The second-order valence-corrected chi connectivity index (χ2v) is 3.62. The standard InChI is InChI=1S/C10H8F5N/c11-9(12)7-4-16-8-3-5(10(13,14)15)1-2-6(7)8/h1-3,7,9,16H,4H2. The maximum Gasteiger partial charge on any atom is 0.416 e. The summed E-state index contributed by atoms with van der Waals surface area (Å²) in [7, 11) is 0. The zero-order valence-corrected chi connectivity index (χ0v) is 7.98. The van der Waals surface area contributed by atoms with E-state index in [2.05, 4.69) is 5.32 Å². The Morgan fingerprint density at radius 1 is 1.25 bits per heavy atom. The molecule has 1 aromatic rings. The third kappa shape index (κ3) is 1.83. The largest absolute Gasteiger partial charge is 0.416 e. The molecule has 1 N–H and O–H groups in total. The van der Waals surface area contributed by atoms with E-state index in [1.54, 1.807) is 0 Å². The van der Waals surface area contributed by atoms with Crippen molar-refractivity contribution in [2.24, 2.45) is 0 Å². The van der Waals surface area contributed by atoms with E-state index in [0.29, 0.717) is 0 Å². The fraction of sp³-hybridized carbons (Fsp3) is 0.400. The summed E-state index contributed by atoms with van der Waals surface area (Å²) in [5.41, 5.74) is -0.420. The van der Waals surface area contributed by atoms with E-state index in [9.17, 15) is 22.0 Å². The SMILES string of the molecule is FC(F)C1CNc2cc(C(F)(F)F)ccc21. The fourth-order valence-electron chi connectivity index (χ4n) is 1.76. The quantitative estimate of drug-likeness (QED) is 0.737. The minimum atomic E-state index is -4.44. The predicted molar refractivity (Wildman–Crippen MR) is 48.7 cm³/mol. The Kier molecular flexibility index (Phi) is 2.52. The summed E-state index contributed by atoms with van der Waals surface area (Å²) >= 11 is 0. The average Bonchev–Trinajstić information content (AvgIpc) is 2.58. The van der Waals surface area contributed by atoms with Gasteiger partial charge in [-0.3, -0.25) is 0 Å². The van der Waals surface area contributed by atoms with Crippen molar-refractivity contribution in [1.29, 1.82) is 0 Å². The minimum Gasteiger partial charge on any atom is -0.384 e. The van der Waals surface area contributed by atoms with Gasteiger partial charge >= 0.3 is 6.18 Å². The lowest BCUT2D eigenvalue weighted by atomic mass is 10.0. The topological polar surface area (TPSA) is 12.0 Å². The van der Waals surface area contributed by atoms with Gasteiger partial charge in [-0.1, -0.05) is 6.07 Å². The molecule has 0 aliphatic carbocycles. The molecule has 0 spiro atoms. The van der Waals surface area contributed by atoms with Crippen LogP contribution in [-0.4, -0.2) is 13.0 Å². The molecule has 1 aliphatic rings. The molecule has 0 aromatic heterocycles. The van der Waals surface area contributed by atoms with Gasteiger partial charge in [0.25, 0.3) is 0 Å². The lowest BCUT2D eigenvalue weighted by molar-refractivity contribution is -0.137. The van der Waals surface area contributed by atoms with Crippen molar-refractivity contribution in [3.05, 3.63) is 29.3 Å². The van der Waals surface area contributed by atoms with Crippen molar-refractivity contribution in [1.82, 2.24) is 0 Å². The monoisotopic (exact) mass is 237 g/mol. The summed E-state index contributed by atoms with van der Waals surface area (Å²) in [5, 5.41) is 2.56. The van der Waals surface area contributed by atoms with Crippen LogP contribution in [0.2, 0.25) is 0 Å². The molecule has 0 fully saturated rings. The van der Waals surface area contributed by atoms with E-state index < -0.39 is 24.1 Å². The van der Waals surface area contributed by atoms with E-state index in [1.807, 2.05) is 0 Å². The Hall–Kier alpha value is -1.33. The van der Waals surface area contributed by atoms with Crippen molar-refractivity contribution < 1.29 is 22.0 Å². The van der Waals surface area contributed by atoms with Crippen LogP contribution in [0.1, 0.15) is 17.0 Å². The molecule has 2 rings (SSSR count). The zero-order valence-electron chi connectivity index (χ0n) is 7.98. The first-order valence-electron chi connectivity index (χ1n) is 4.63. The van der Waals surface area contributed by atoms with Gasteiger partial charge in [0.2, 0.25) is 6.43 Å². The second kappa shape index (κ2) is 3.61. The smallest absolute Gasteiger partial charge is 0.384 e. The van der Waals surface area contributed by atoms with Gasteiger partial charge in [0.05, 0.1) is 11.5 Å². The molecule has 0 amide bonds. The number of halogens is 5. The van der Waals surface area contributed by atoms with Gasteiger partial charge in [0, 0.05) is 12.2 Å². The molecule has 0 saturated heterocycles. The van der Waals surface area contributed by atoms with Crippen molar-refractivity contribution >= 4 is 5.69 Å². The third-order valence-electron chi connectivity index (χ3n) is 2.60. The van der Waals surface area contributed by atoms with Crippen LogP contribution in [0.25, 0.3) is 0 Å². The van der Waals surface area contributed by atoms with Crippen LogP contribution in [0.5, 0.6) is 0 Å². The molecule has 1 aromatic carbocycles. The first kappa shape index (κ1) is 11.2. The van der Waals surface area contributed by atoms with E-state index in [1.165, 1.54) is 0 Å². The Bertz CT molecular complexity index is 399. The lowest BCUT2D eigenvalue weighted by Crippen LogP contribution is -2.10. The summed E-state index contributed by atoms with van der Waals surface area (Å²) in [5.74, 6) is -1.02. The highest BCUT2D eigenvalue weighted by Crippen LogP contribution is 2.39. The van der Waals surface area contributed by atoms with Crippen LogP contribution in [0, 0.1) is 0 Å². The highest BCUT2D eigenvalue weighted by Gasteiger charge is 2.35. The number of alkyl halides is 5.